The number of fused-ring (bicyclic) bond motifs is 2. The predicted octanol–water partition coefficient (Wildman–Crippen LogP) is 3.09. The highest BCUT2D eigenvalue weighted by Gasteiger charge is 2.30. The predicted molar refractivity (Wildman–Crippen MR) is 134 cm³/mol. The fourth-order valence-electron chi connectivity index (χ4n) is 5.31. The number of aryl methyl sites for hydroxylation is 1. The molecule has 0 bridgehead atoms. The van der Waals surface area contributed by atoms with Crippen molar-refractivity contribution in [1.29, 1.82) is 0 Å². The quantitative estimate of drug-likeness (QED) is 0.433. The topological polar surface area (TPSA) is 83.7 Å². The van der Waals surface area contributed by atoms with Crippen molar-refractivity contribution in [3.63, 3.8) is 0 Å². The molecule has 8 nitrogen and oxygen atoms in total. The van der Waals surface area contributed by atoms with Crippen LogP contribution in [0, 0.1) is 12.7 Å². The van der Waals surface area contributed by atoms with Gasteiger partial charge < -0.3 is 4.90 Å². The standard InChI is InChI=1S/C25H27FN6O2S/c1-17-12-21-20(2-5-27-24(21)13-23(17)26)22-15-29-32-16-19(14-28-25(22)32)30-6-3-18(4-7-30)31-8-10-35(33,34)11-9-31/h2,5,12-16,18H,3-4,6-11H2,1H3. The van der Waals surface area contributed by atoms with E-state index in [0.29, 0.717) is 30.2 Å². The lowest BCUT2D eigenvalue weighted by Crippen LogP contribution is -2.50. The van der Waals surface area contributed by atoms with E-state index >= 15 is 0 Å². The zero-order chi connectivity index (χ0) is 24.2. The normalized spacial score (nSPS) is 19.5. The van der Waals surface area contributed by atoms with Gasteiger partial charge in [-0.3, -0.25) is 9.88 Å². The fourth-order valence-corrected chi connectivity index (χ4v) is 6.54. The molecule has 6 rings (SSSR count). The lowest BCUT2D eigenvalue weighted by atomic mass is 10.0. The van der Waals surface area contributed by atoms with E-state index in [1.807, 2.05) is 24.5 Å². The molecule has 1 aromatic carbocycles. The molecular weight excluding hydrogens is 467 g/mol. The summed E-state index contributed by atoms with van der Waals surface area (Å²) in [5, 5.41) is 5.44. The van der Waals surface area contributed by atoms with E-state index in [1.54, 1.807) is 23.8 Å². The van der Waals surface area contributed by atoms with Crippen LogP contribution < -0.4 is 4.90 Å². The molecule has 3 aromatic heterocycles. The van der Waals surface area contributed by atoms with Gasteiger partial charge in [-0.2, -0.15) is 5.10 Å². The van der Waals surface area contributed by atoms with Crippen LogP contribution >= 0.6 is 0 Å². The largest absolute Gasteiger partial charge is 0.369 e. The molecule has 0 atom stereocenters. The second kappa shape index (κ2) is 8.53. The SMILES string of the molecule is Cc1cc2c(-c3cnn4cc(N5CCC(N6CCS(=O)(=O)CC6)CC5)cnc34)ccnc2cc1F. The van der Waals surface area contributed by atoms with Crippen LogP contribution in [-0.4, -0.2) is 76.6 Å². The molecule has 0 radical (unpaired) electrons. The van der Waals surface area contributed by atoms with Gasteiger partial charge in [0.2, 0.25) is 0 Å². The summed E-state index contributed by atoms with van der Waals surface area (Å²) < 4.78 is 39.3. The van der Waals surface area contributed by atoms with Gasteiger partial charge >= 0.3 is 0 Å². The Bertz CT molecular complexity index is 1510. The highest BCUT2D eigenvalue weighted by atomic mass is 32.2. The monoisotopic (exact) mass is 494 g/mol. The van der Waals surface area contributed by atoms with Crippen LogP contribution in [0.1, 0.15) is 18.4 Å². The van der Waals surface area contributed by atoms with Crippen molar-refractivity contribution in [2.24, 2.45) is 0 Å². The number of piperidine rings is 1. The molecule has 0 unspecified atom stereocenters. The number of sulfone groups is 1. The fraction of sp³-hybridized carbons (Fsp3) is 0.400. The van der Waals surface area contributed by atoms with E-state index in [9.17, 15) is 12.8 Å². The summed E-state index contributed by atoms with van der Waals surface area (Å²) in [4.78, 5) is 13.7. The van der Waals surface area contributed by atoms with Crippen molar-refractivity contribution in [2.75, 3.05) is 42.6 Å². The molecule has 10 heteroatoms. The van der Waals surface area contributed by atoms with Gasteiger partial charge in [-0.1, -0.05) is 0 Å². The Morgan fingerprint density at radius 2 is 1.77 bits per heavy atom. The molecule has 35 heavy (non-hydrogen) atoms. The molecule has 182 valence electrons. The molecule has 5 heterocycles. The molecule has 0 spiro atoms. The number of benzene rings is 1. The van der Waals surface area contributed by atoms with Gasteiger partial charge in [-0.25, -0.2) is 22.3 Å². The summed E-state index contributed by atoms with van der Waals surface area (Å²) in [6.45, 7) is 4.84. The maximum Gasteiger partial charge on any atom is 0.162 e. The van der Waals surface area contributed by atoms with E-state index in [1.165, 1.54) is 6.07 Å². The number of hydrogen-bond acceptors (Lipinski definition) is 7. The van der Waals surface area contributed by atoms with Gasteiger partial charge in [-0.15, -0.1) is 0 Å². The van der Waals surface area contributed by atoms with Crippen LogP contribution in [-0.2, 0) is 9.84 Å². The molecule has 4 aromatic rings. The average molecular weight is 495 g/mol. The van der Waals surface area contributed by atoms with Crippen LogP contribution in [0.3, 0.4) is 0 Å². The highest BCUT2D eigenvalue weighted by molar-refractivity contribution is 7.91. The zero-order valence-electron chi connectivity index (χ0n) is 19.6. The van der Waals surface area contributed by atoms with Crippen molar-refractivity contribution in [3.8, 4) is 11.1 Å². The van der Waals surface area contributed by atoms with Crippen LogP contribution in [0.2, 0.25) is 0 Å². The van der Waals surface area contributed by atoms with Crippen molar-refractivity contribution in [2.45, 2.75) is 25.8 Å². The summed E-state index contributed by atoms with van der Waals surface area (Å²) in [6, 6.07) is 5.65. The summed E-state index contributed by atoms with van der Waals surface area (Å²) >= 11 is 0. The van der Waals surface area contributed by atoms with Gasteiger partial charge in [-0.05, 0) is 43.0 Å². The first kappa shape index (κ1) is 22.4. The second-order valence-electron chi connectivity index (χ2n) is 9.52. The lowest BCUT2D eigenvalue weighted by molar-refractivity contribution is 0.182. The summed E-state index contributed by atoms with van der Waals surface area (Å²) in [7, 11) is -2.85. The maximum absolute atomic E-state index is 14.1. The second-order valence-corrected chi connectivity index (χ2v) is 11.8. The first-order valence-electron chi connectivity index (χ1n) is 12.0. The Hall–Kier alpha value is -3.11. The summed E-state index contributed by atoms with van der Waals surface area (Å²) in [5.41, 5.74) is 4.76. The number of aromatic nitrogens is 4. The Morgan fingerprint density at radius 1 is 1.00 bits per heavy atom. The first-order valence-corrected chi connectivity index (χ1v) is 13.8. The maximum atomic E-state index is 14.1. The van der Waals surface area contributed by atoms with Gasteiger partial charge in [0, 0.05) is 55.4 Å². The number of rotatable bonds is 3. The third-order valence-electron chi connectivity index (χ3n) is 7.38. The number of anilines is 1. The van der Waals surface area contributed by atoms with E-state index in [0.717, 1.165) is 53.8 Å². The molecular formula is C25H27FN6O2S. The number of halogens is 1. The van der Waals surface area contributed by atoms with E-state index < -0.39 is 9.84 Å². The summed E-state index contributed by atoms with van der Waals surface area (Å²) in [6.07, 6.45) is 9.39. The molecule has 0 aliphatic carbocycles. The lowest BCUT2D eigenvalue weighted by Gasteiger charge is -2.40. The van der Waals surface area contributed by atoms with Gasteiger partial charge in [0.15, 0.2) is 15.5 Å². The highest BCUT2D eigenvalue weighted by Crippen LogP contribution is 2.32. The van der Waals surface area contributed by atoms with Crippen LogP contribution in [0.25, 0.3) is 27.7 Å². The molecule has 0 amide bonds. The van der Waals surface area contributed by atoms with Gasteiger partial charge in [0.25, 0.3) is 0 Å². The van der Waals surface area contributed by atoms with E-state index in [-0.39, 0.29) is 17.3 Å². The first-order chi connectivity index (χ1) is 16.9. The van der Waals surface area contributed by atoms with E-state index in [4.69, 9.17) is 4.98 Å². The Morgan fingerprint density at radius 3 is 2.54 bits per heavy atom. The third kappa shape index (κ3) is 4.14. The van der Waals surface area contributed by atoms with Crippen LogP contribution in [0.4, 0.5) is 10.1 Å². The van der Waals surface area contributed by atoms with Crippen molar-refractivity contribution >= 4 is 32.1 Å². The number of nitrogens with zero attached hydrogens (tertiary/aromatic N) is 6. The average Bonchev–Trinajstić information content (AvgIpc) is 3.28. The smallest absolute Gasteiger partial charge is 0.162 e. The number of pyridine rings is 1. The van der Waals surface area contributed by atoms with Gasteiger partial charge in [0.05, 0.1) is 41.3 Å². The summed E-state index contributed by atoms with van der Waals surface area (Å²) in [5.74, 6) is 0.284. The molecule has 2 saturated heterocycles. The Kier molecular flexibility index (Phi) is 5.45. The van der Waals surface area contributed by atoms with Crippen molar-refractivity contribution in [3.05, 3.63) is 54.4 Å². The third-order valence-corrected chi connectivity index (χ3v) is 8.99. The molecule has 2 aliphatic heterocycles. The van der Waals surface area contributed by atoms with E-state index in [2.05, 4.69) is 19.9 Å². The van der Waals surface area contributed by atoms with Crippen molar-refractivity contribution < 1.29 is 12.8 Å². The minimum atomic E-state index is -2.85. The van der Waals surface area contributed by atoms with Crippen LogP contribution in [0.5, 0.6) is 0 Å². The minimum absolute atomic E-state index is 0.265. The van der Waals surface area contributed by atoms with Gasteiger partial charge in [0.1, 0.15) is 5.82 Å². The molecule has 2 aliphatic rings. The van der Waals surface area contributed by atoms with Crippen LogP contribution in [0.15, 0.2) is 43.0 Å². The molecule has 0 saturated carbocycles. The Labute approximate surface area is 203 Å². The molecule has 2 fully saturated rings. The number of hydrogen-bond donors (Lipinski definition) is 0. The minimum Gasteiger partial charge on any atom is -0.369 e. The Balaban J connectivity index is 1.23. The van der Waals surface area contributed by atoms with Crippen molar-refractivity contribution in [1.82, 2.24) is 24.5 Å². The zero-order valence-corrected chi connectivity index (χ0v) is 20.4. The molecule has 0 N–H and O–H groups in total.